The van der Waals surface area contributed by atoms with Crippen molar-refractivity contribution in [3.8, 4) is 0 Å². The molecule has 2 aromatic carbocycles. The fraction of sp³-hybridized carbons (Fsp3) is 0.348. The molecule has 2 aliphatic heterocycles. The van der Waals surface area contributed by atoms with Gasteiger partial charge < -0.3 is 15.1 Å². The van der Waals surface area contributed by atoms with Crippen molar-refractivity contribution in [2.75, 3.05) is 18.4 Å². The molecule has 33 heavy (non-hydrogen) atoms. The van der Waals surface area contributed by atoms with E-state index in [-0.39, 0.29) is 32.0 Å². The number of benzene rings is 2. The van der Waals surface area contributed by atoms with Crippen molar-refractivity contribution in [3.05, 3.63) is 53.2 Å². The lowest BCUT2D eigenvalue weighted by Gasteiger charge is -2.28. The summed E-state index contributed by atoms with van der Waals surface area (Å²) in [7, 11) is 0. The number of hydrogen-bond donors (Lipinski definition) is 2. The van der Waals surface area contributed by atoms with Crippen LogP contribution in [0.3, 0.4) is 0 Å². The summed E-state index contributed by atoms with van der Waals surface area (Å²) in [5.74, 6) is -1.05. The number of amides is 2. The van der Waals surface area contributed by atoms with E-state index in [9.17, 15) is 22.8 Å². The van der Waals surface area contributed by atoms with Gasteiger partial charge in [-0.25, -0.2) is 0 Å². The van der Waals surface area contributed by atoms with Gasteiger partial charge in [0.2, 0.25) is 5.91 Å². The van der Waals surface area contributed by atoms with Gasteiger partial charge in [0.05, 0.1) is 16.8 Å². The molecule has 1 saturated heterocycles. The van der Waals surface area contributed by atoms with Crippen LogP contribution in [0.2, 0.25) is 0 Å². The van der Waals surface area contributed by atoms with Crippen LogP contribution in [0, 0.1) is 6.92 Å². The third-order valence-electron chi connectivity index (χ3n) is 6.31. The summed E-state index contributed by atoms with van der Waals surface area (Å²) < 4.78 is 39.7. The highest BCUT2D eigenvalue weighted by Gasteiger charge is 2.48. The van der Waals surface area contributed by atoms with Crippen LogP contribution in [0.25, 0.3) is 10.9 Å². The molecular formula is C23H22F3N5O2. The summed E-state index contributed by atoms with van der Waals surface area (Å²) in [6.07, 6.45) is -4.26. The minimum absolute atomic E-state index is 0.0555. The first-order valence-corrected chi connectivity index (χ1v) is 10.7. The molecule has 1 aromatic heterocycles. The van der Waals surface area contributed by atoms with Gasteiger partial charge in [-0.15, -0.1) is 0 Å². The predicted octanol–water partition coefficient (Wildman–Crippen LogP) is 4.12. The normalized spacial score (nSPS) is 18.3. The molecule has 7 nitrogen and oxygen atoms in total. The van der Waals surface area contributed by atoms with Crippen molar-refractivity contribution in [2.24, 2.45) is 0 Å². The summed E-state index contributed by atoms with van der Waals surface area (Å²) in [6.45, 7) is 1.79. The number of fused-ring (bicyclic) bond motifs is 2. The van der Waals surface area contributed by atoms with Crippen LogP contribution in [0.15, 0.2) is 36.4 Å². The predicted molar refractivity (Wildman–Crippen MR) is 116 cm³/mol. The Morgan fingerprint density at radius 3 is 2.88 bits per heavy atom. The highest BCUT2D eigenvalue weighted by atomic mass is 19.4. The molecule has 2 amide bonds. The Labute approximate surface area is 187 Å². The second kappa shape index (κ2) is 7.79. The van der Waals surface area contributed by atoms with Crippen LogP contribution >= 0.6 is 0 Å². The number of aromatic amines is 1. The zero-order valence-electron chi connectivity index (χ0n) is 17.9. The maximum atomic E-state index is 13.2. The quantitative estimate of drug-likeness (QED) is 0.618. The Morgan fingerprint density at radius 1 is 1.27 bits per heavy atom. The molecule has 2 aliphatic rings. The van der Waals surface area contributed by atoms with Gasteiger partial charge in [0.25, 0.3) is 5.91 Å². The zero-order chi connectivity index (χ0) is 23.3. The number of hydrogen-bond acceptors (Lipinski definition) is 4. The van der Waals surface area contributed by atoms with E-state index in [0.717, 1.165) is 32.7 Å². The van der Waals surface area contributed by atoms with E-state index in [1.165, 1.54) is 4.90 Å². The molecule has 2 N–H and O–H groups in total. The second-order valence-electron chi connectivity index (χ2n) is 8.49. The van der Waals surface area contributed by atoms with E-state index in [0.29, 0.717) is 17.7 Å². The van der Waals surface area contributed by atoms with Gasteiger partial charge in [-0.1, -0.05) is 12.1 Å². The Hall–Kier alpha value is -3.56. The van der Waals surface area contributed by atoms with Crippen molar-refractivity contribution in [1.82, 2.24) is 20.0 Å². The van der Waals surface area contributed by atoms with E-state index in [4.69, 9.17) is 0 Å². The maximum Gasteiger partial charge on any atom is 0.408 e. The molecule has 3 aromatic rings. The topological polar surface area (TPSA) is 81.3 Å². The minimum Gasteiger partial charge on any atom is -0.355 e. The first-order valence-electron chi connectivity index (χ1n) is 10.7. The SMILES string of the molecule is Cc1[nH]nc2cc(Nc3cccc4c3C(=O)N(CC(=O)N3CCCC3C(F)(F)F)C4)ccc12. The number of halogens is 3. The average Bonchev–Trinajstić information content (AvgIpc) is 3.47. The number of nitrogens with one attached hydrogen (secondary N) is 2. The van der Waals surface area contributed by atoms with Gasteiger partial charge in [0.1, 0.15) is 12.6 Å². The number of likely N-dealkylation sites (tertiary alicyclic amines) is 1. The van der Waals surface area contributed by atoms with Crippen molar-refractivity contribution in [1.29, 1.82) is 0 Å². The third-order valence-corrected chi connectivity index (χ3v) is 6.31. The molecule has 1 fully saturated rings. The summed E-state index contributed by atoms with van der Waals surface area (Å²) in [5.41, 5.74) is 4.22. The van der Waals surface area contributed by atoms with Crippen molar-refractivity contribution >= 4 is 34.1 Å². The highest BCUT2D eigenvalue weighted by Crippen LogP contribution is 2.35. The number of carbonyl (C=O) groups is 2. The molecule has 10 heteroatoms. The largest absolute Gasteiger partial charge is 0.408 e. The number of carbonyl (C=O) groups excluding carboxylic acids is 2. The van der Waals surface area contributed by atoms with E-state index in [1.54, 1.807) is 18.2 Å². The van der Waals surface area contributed by atoms with E-state index >= 15 is 0 Å². The molecule has 0 aliphatic carbocycles. The lowest BCUT2D eigenvalue weighted by atomic mass is 10.1. The molecule has 0 bridgehead atoms. The molecule has 3 heterocycles. The molecule has 0 spiro atoms. The Morgan fingerprint density at radius 2 is 2.09 bits per heavy atom. The van der Waals surface area contributed by atoms with Gasteiger partial charge in [0, 0.05) is 29.9 Å². The van der Waals surface area contributed by atoms with Crippen molar-refractivity contribution in [3.63, 3.8) is 0 Å². The fourth-order valence-corrected chi connectivity index (χ4v) is 4.69. The maximum absolute atomic E-state index is 13.2. The molecule has 5 rings (SSSR count). The Bertz CT molecular complexity index is 1250. The monoisotopic (exact) mass is 457 g/mol. The van der Waals surface area contributed by atoms with Gasteiger partial charge >= 0.3 is 6.18 Å². The third kappa shape index (κ3) is 3.79. The summed E-state index contributed by atoms with van der Waals surface area (Å²) in [6, 6.07) is 9.26. The highest BCUT2D eigenvalue weighted by molar-refractivity contribution is 6.05. The number of nitrogens with zero attached hydrogens (tertiary/aromatic N) is 3. The van der Waals surface area contributed by atoms with Crippen molar-refractivity contribution < 1.29 is 22.8 Å². The summed E-state index contributed by atoms with van der Waals surface area (Å²) in [5, 5.41) is 11.4. The Kier molecular flexibility index (Phi) is 5.02. The standard InChI is InChI=1S/C23H22F3N5O2/c1-13-16-8-7-15(10-18(16)29-28-13)27-17-5-2-4-14-11-30(22(33)21(14)17)12-20(32)31-9-3-6-19(31)23(24,25)26/h2,4-5,7-8,10,19,27H,3,6,9,11-12H2,1H3,(H,28,29). The minimum atomic E-state index is -4.46. The smallest absolute Gasteiger partial charge is 0.355 e. The molecule has 0 saturated carbocycles. The van der Waals surface area contributed by atoms with Crippen LogP contribution in [-0.4, -0.2) is 57.1 Å². The summed E-state index contributed by atoms with van der Waals surface area (Å²) in [4.78, 5) is 28.0. The number of rotatable bonds is 4. The van der Waals surface area contributed by atoms with Gasteiger partial charge in [-0.2, -0.15) is 18.3 Å². The molecule has 1 atom stereocenters. The average molecular weight is 457 g/mol. The Balaban J connectivity index is 1.34. The number of anilines is 2. The lowest BCUT2D eigenvalue weighted by molar-refractivity contribution is -0.182. The van der Waals surface area contributed by atoms with E-state index < -0.39 is 18.1 Å². The van der Waals surface area contributed by atoms with Crippen LogP contribution in [0.1, 0.15) is 34.5 Å². The number of aromatic nitrogens is 2. The lowest BCUT2D eigenvalue weighted by Crippen LogP contribution is -2.48. The van der Waals surface area contributed by atoms with Crippen LogP contribution in [-0.2, 0) is 11.3 Å². The van der Waals surface area contributed by atoms with E-state index in [2.05, 4.69) is 15.5 Å². The number of aryl methyl sites for hydroxylation is 1. The summed E-state index contributed by atoms with van der Waals surface area (Å²) >= 11 is 0. The van der Waals surface area contributed by atoms with Gasteiger partial charge in [0.15, 0.2) is 0 Å². The molecule has 172 valence electrons. The number of H-pyrrole nitrogens is 1. The number of alkyl halides is 3. The first kappa shape index (κ1) is 21.3. The van der Waals surface area contributed by atoms with Crippen LogP contribution < -0.4 is 5.32 Å². The molecular weight excluding hydrogens is 435 g/mol. The van der Waals surface area contributed by atoms with Gasteiger partial charge in [-0.05, 0) is 49.6 Å². The van der Waals surface area contributed by atoms with Crippen molar-refractivity contribution in [2.45, 2.75) is 38.5 Å². The van der Waals surface area contributed by atoms with Crippen LogP contribution in [0.5, 0.6) is 0 Å². The fourth-order valence-electron chi connectivity index (χ4n) is 4.69. The first-order chi connectivity index (χ1) is 15.7. The molecule has 0 radical (unpaired) electrons. The van der Waals surface area contributed by atoms with Gasteiger partial charge in [-0.3, -0.25) is 14.7 Å². The molecule has 1 unspecified atom stereocenters. The van der Waals surface area contributed by atoms with E-state index in [1.807, 2.05) is 25.1 Å². The van der Waals surface area contributed by atoms with Crippen LogP contribution in [0.4, 0.5) is 24.5 Å². The second-order valence-corrected chi connectivity index (χ2v) is 8.49. The zero-order valence-corrected chi connectivity index (χ0v) is 17.9.